The van der Waals surface area contributed by atoms with Crippen molar-refractivity contribution >= 4 is 44.8 Å². The number of ether oxygens (including phenoxy) is 3. The van der Waals surface area contributed by atoms with Crippen LogP contribution >= 0.6 is 23.2 Å². The van der Waals surface area contributed by atoms with Crippen molar-refractivity contribution < 1.29 is 27.4 Å². The van der Waals surface area contributed by atoms with Crippen molar-refractivity contribution in [2.24, 2.45) is 0 Å². The Kier molecular flexibility index (Phi) is 9.44. The molecule has 36 heavy (non-hydrogen) atoms. The van der Waals surface area contributed by atoms with Crippen molar-refractivity contribution in [3.8, 4) is 17.2 Å². The largest absolute Gasteiger partial charge is 0.495 e. The minimum atomic E-state index is -4.09. The van der Waals surface area contributed by atoms with Crippen molar-refractivity contribution in [3.63, 3.8) is 0 Å². The summed E-state index contributed by atoms with van der Waals surface area (Å²) in [5.74, 6) is 0.394. The SMILES string of the molecule is COc1ccc(S(=O)(=O)N(CCc2ccccc2)CC(=O)Nc2cc(OC)c(Cl)cc2OC)cc1Cl. The van der Waals surface area contributed by atoms with E-state index in [2.05, 4.69) is 5.32 Å². The highest BCUT2D eigenvalue weighted by Crippen LogP contribution is 2.36. The average molecular weight is 553 g/mol. The molecule has 0 radical (unpaired) electrons. The fraction of sp³-hybridized carbons (Fsp3) is 0.240. The van der Waals surface area contributed by atoms with E-state index < -0.39 is 22.5 Å². The summed E-state index contributed by atoms with van der Waals surface area (Å²) >= 11 is 12.3. The van der Waals surface area contributed by atoms with Gasteiger partial charge in [0.1, 0.15) is 17.2 Å². The first-order valence-corrected chi connectivity index (χ1v) is 13.0. The third-order valence-corrected chi connectivity index (χ3v) is 7.75. The van der Waals surface area contributed by atoms with Gasteiger partial charge in [-0.25, -0.2) is 8.42 Å². The monoisotopic (exact) mass is 552 g/mol. The first kappa shape index (κ1) is 27.6. The van der Waals surface area contributed by atoms with Gasteiger partial charge in [0.2, 0.25) is 15.9 Å². The summed E-state index contributed by atoms with van der Waals surface area (Å²) in [6, 6.07) is 16.5. The average Bonchev–Trinajstić information content (AvgIpc) is 2.87. The molecule has 0 unspecified atom stereocenters. The quantitative estimate of drug-likeness (QED) is 0.364. The van der Waals surface area contributed by atoms with Gasteiger partial charge in [0, 0.05) is 18.7 Å². The molecule has 0 saturated heterocycles. The molecule has 1 N–H and O–H groups in total. The minimum Gasteiger partial charge on any atom is -0.495 e. The van der Waals surface area contributed by atoms with Gasteiger partial charge in [-0.2, -0.15) is 4.31 Å². The number of halogens is 2. The predicted octanol–water partition coefficient (Wildman–Crippen LogP) is 4.89. The van der Waals surface area contributed by atoms with Crippen LogP contribution in [0.4, 0.5) is 5.69 Å². The molecule has 0 heterocycles. The van der Waals surface area contributed by atoms with Gasteiger partial charge in [-0.1, -0.05) is 53.5 Å². The number of anilines is 1. The Morgan fingerprint density at radius 1 is 0.861 bits per heavy atom. The Morgan fingerprint density at radius 3 is 2.11 bits per heavy atom. The third kappa shape index (κ3) is 6.61. The van der Waals surface area contributed by atoms with E-state index in [4.69, 9.17) is 37.4 Å². The van der Waals surface area contributed by atoms with E-state index >= 15 is 0 Å². The lowest BCUT2D eigenvalue weighted by Gasteiger charge is -2.23. The third-order valence-electron chi connectivity index (χ3n) is 5.32. The number of hydrogen-bond acceptors (Lipinski definition) is 6. The van der Waals surface area contributed by atoms with E-state index in [0.717, 1.165) is 9.87 Å². The van der Waals surface area contributed by atoms with Crippen LogP contribution in [0.15, 0.2) is 65.6 Å². The van der Waals surface area contributed by atoms with Gasteiger partial charge in [0.15, 0.2) is 0 Å². The van der Waals surface area contributed by atoms with Crippen molar-refractivity contribution in [2.45, 2.75) is 11.3 Å². The summed E-state index contributed by atoms with van der Waals surface area (Å²) < 4.78 is 43.8. The second-order valence-electron chi connectivity index (χ2n) is 7.61. The Balaban J connectivity index is 1.89. The molecule has 0 atom stereocenters. The number of nitrogens with one attached hydrogen (secondary N) is 1. The van der Waals surface area contributed by atoms with Crippen LogP contribution in [0.3, 0.4) is 0 Å². The molecule has 3 rings (SSSR count). The zero-order valence-electron chi connectivity index (χ0n) is 20.0. The Morgan fingerprint density at radius 2 is 1.50 bits per heavy atom. The summed E-state index contributed by atoms with van der Waals surface area (Å²) in [6.07, 6.45) is 0.398. The van der Waals surface area contributed by atoms with Gasteiger partial charge in [0.05, 0.1) is 48.5 Å². The van der Waals surface area contributed by atoms with Gasteiger partial charge in [-0.3, -0.25) is 4.79 Å². The Bertz CT molecular complexity index is 1320. The number of rotatable bonds is 11. The molecule has 0 fully saturated rings. The van der Waals surface area contributed by atoms with Gasteiger partial charge < -0.3 is 19.5 Å². The maximum Gasteiger partial charge on any atom is 0.243 e. The van der Waals surface area contributed by atoms with E-state index in [9.17, 15) is 13.2 Å². The number of hydrogen-bond donors (Lipinski definition) is 1. The first-order chi connectivity index (χ1) is 17.2. The van der Waals surface area contributed by atoms with E-state index in [1.54, 1.807) is 0 Å². The second kappa shape index (κ2) is 12.3. The number of methoxy groups -OCH3 is 3. The van der Waals surface area contributed by atoms with Crippen molar-refractivity contribution in [1.29, 1.82) is 0 Å². The summed E-state index contributed by atoms with van der Waals surface area (Å²) in [4.78, 5) is 13.0. The highest BCUT2D eigenvalue weighted by molar-refractivity contribution is 7.89. The van der Waals surface area contributed by atoms with E-state index in [-0.39, 0.29) is 22.2 Å². The van der Waals surface area contributed by atoms with Crippen LogP contribution in [-0.2, 0) is 21.2 Å². The van der Waals surface area contributed by atoms with E-state index in [1.807, 2.05) is 30.3 Å². The zero-order chi connectivity index (χ0) is 26.3. The van der Waals surface area contributed by atoms with Crippen LogP contribution in [-0.4, -0.2) is 53.0 Å². The first-order valence-electron chi connectivity index (χ1n) is 10.8. The van der Waals surface area contributed by atoms with Crippen LogP contribution in [0.25, 0.3) is 0 Å². The maximum absolute atomic E-state index is 13.5. The molecule has 3 aromatic rings. The van der Waals surface area contributed by atoms with Gasteiger partial charge in [0.25, 0.3) is 0 Å². The highest BCUT2D eigenvalue weighted by Gasteiger charge is 2.28. The fourth-order valence-corrected chi connectivity index (χ4v) is 5.42. The van der Waals surface area contributed by atoms with Crippen molar-refractivity contribution in [3.05, 3.63) is 76.3 Å². The smallest absolute Gasteiger partial charge is 0.243 e. The molecule has 0 aliphatic carbocycles. The molecule has 0 bridgehead atoms. The van der Waals surface area contributed by atoms with Crippen LogP contribution in [0, 0.1) is 0 Å². The lowest BCUT2D eigenvalue weighted by atomic mass is 10.1. The van der Waals surface area contributed by atoms with Crippen LogP contribution < -0.4 is 19.5 Å². The molecule has 3 aromatic carbocycles. The molecular weight excluding hydrogens is 527 g/mol. The summed E-state index contributed by atoms with van der Waals surface area (Å²) in [5, 5.41) is 3.13. The zero-order valence-corrected chi connectivity index (χ0v) is 22.3. The number of benzene rings is 3. The Hall–Kier alpha value is -2.98. The summed E-state index contributed by atoms with van der Waals surface area (Å²) in [6.45, 7) is -0.391. The number of amides is 1. The Labute approximate surface area is 220 Å². The lowest BCUT2D eigenvalue weighted by Crippen LogP contribution is -2.39. The topological polar surface area (TPSA) is 94.2 Å². The van der Waals surface area contributed by atoms with Crippen molar-refractivity contribution in [1.82, 2.24) is 4.31 Å². The molecule has 192 valence electrons. The summed E-state index contributed by atoms with van der Waals surface area (Å²) in [7, 11) is 0.221. The number of nitrogens with zero attached hydrogens (tertiary/aromatic N) is 1. The maximum atomic E-state index is 13.5. The normalized spacial score (nSPS) is 11.3. The highest BCUT2D eigenvalue weighted by atomic mass is 35.5. The molecular formula is C25H26Cl2N2O6S. The molecule has 0 aromatic heterocycles. The molecule has 0 aliphatic rings. The molecule has 11 heteroatoms. The van der Waals surface area contributed by atoms with Crippen LogP contribution in [0.5, 0.6) is 17.2 Å². The van der Waals surface area contributed by atoms with Crippen LogP contribution in [0.2, 0.25) is 10.0 Å². The number of sulfonamides is 1. The van der Waals surface area contributed by atoms with Crippen molar-refractivity contribution in [2.75, 3.05) is 39.7 Å². The number of carbonyl (C=O) groups excluding carboxylic acids is 1. The van der Waals surface area contributed by atoms with Crippen LogP contribution in [0.1, 0.15) is 5.56 Å². The standard InChI is InChI=1S/C25H26Cl2N2O6S/c1-33-22-10-9-18(13-19(22)26)36(31,32)29(12-11-17-7-5-4-6-8-17)16-25(30)28-21-15-23(34-2)20(27)14-24(21)35-3/h4-10,13-15H,11-12,16H2,1-3H3,(H,28,30). The molecule has 0 aliphatic heterocycles. The van der Waals surface area contributed by atoms with Gasteiger partial charge in [-0.05, 0) is 30.2 Å². The lowest BCUT2D eigenvalue weighted by molar-refractivity contribution is -0.116. The predicted molar refractivity (Wildman–Crippen MR) is 140 cm³/mol. The van der Waals surface area contributed by atoms with E-state index in [1.165, 1.54) is 51.7 Å². The summed E-state index contributed by atoms with van der Waals surface area (Å²) in [5.41, 5.74) is 1.21. The molecule has 1 amide bonds. The molecule has 8 nitrogen and oxygen atoms in total. The number of carbonyl (C=O) groups is 1. The molecule has 0 saturated carbocycles. The second-order valence-corrected chi connectivity index (χ2v) is 10.4. The van der Waals surface area contributed by atoms with E-state index in [0.29, 0.717) is 28.7 Å². The fourth-order valence-electron chi connectivity index (χ4n) is 3.45. The van der Waals surface area contributed by atoms with Gasteiger partial charge in [-0.15, -0.1) is 0 Å². The van der Waals surface area contributed by atoms with Gasteiger partial charge >= 0.3 is 0 Å². The minimum absolute atomic E-state index is 0.0556. The molecule has 0 spiro atoms.